The Kier molecular flexibility index (Phi) is 6.74. The summed E-state index contributed by atoms with van der Waals surface area (Å²) in [5, 5.41) is 7.59. The zero-order valence-electron chi connectivity index (χ0n) is 15.3. The second kappa shape index (κ2) is 8.64. The number of primary sulfonamides is 1. The van der Waals surface area contributed by atoms with Gasteiger partial charge in [0.15, 0.2) is 6.10 Å². The summed E-state index contributed by atoms with van der Waals surface area (Å²) in [6, 6.07) is 7.32. The number of carbonyl (C=O) groups is 2. The molecule has 3 N–H and O–H groups in total. The van der Waals surface area contributed by atoms with Crippen LogP contribution in [0.15, 0.2) is 35.2 Å². The molecule has 0 spiro atoms. The van der Waals surface area contributed by atoms with Crippen molar-refractivity contribution < 1.29 is 22.7 Å². The highest BCUT2D eigenvalue weighted by molar-refractivity contribution is 7.89. The summed E-state index contributed by atoms with van der Waals surface area (Å²) < 4.78 is 28.0. The van der Waals surface area contributed by atoms with E-state index in [4.69, 9.17) is 9.88 Å². The molecule has 1 atom stereocenters. The van der Waals surface area contributed by atoms with E-state index in [2.05, 4.69) is 12.2 Å². The van der Waals surface area contributed by atoms with Crippen LogP contribution < -0.4 is 10.5 Å². The van der Waals surface area contributed by atoms with Crippen LogP contribution in [0.3, 0.4) is 0 Å². The first-order valence-corrected chi connectivity index (χ1v) is 10.7. The number of thiophene rings is 1. The Morgan fingerprint density at radius 1 is 1.30 bits per heavy atom. The molecule has 0 bridgehead atoms. The van der Waals surface area contributed by atoms with Gasteiger partial charge >= 0.3 is 5.97 Å². The monoisotopic (exact) mass is 410 g/mol. The maximum Gasteiger partial charge on any atom is 0.349 e. The number of rotatable bonds is 7. The molecule has 27 heavy (non-hydrogen) atoms. The normalized spacial score (nSPS) is 12.4. The van der Waals surface area contributed by atoms with Crippen molar-refractivity contribution in [2.75, 3.05) is 5.32 Å². The summed E-state index contributed by atoms with van der Waals surface area (Å²) in [5.41, 5.74) is 1.35. The van der Waals surface area contributed by atoms with Gasteiger partial charge in [0.1, 0.15) is 4.88 Å². The highest BCUT2D eigenvalue weighted by Crippen LogP contribution is 2.24. The lowest BCUT2D eigenvalue weighted by Crippen LogP contribution is -2.29. The Bertz CT molecular complexity index is 950. The van der Waals surface area contributed by atoms with E-state index in [-0.39, 0.29) is 10.6 Å². The number of nitrogens with two attached hydrogens (primary N) is 1. The number of benzene rings is 1. The summed E-state index contributed by atoms with van der Waals surface area (Å²) in [6.07, 6.45) is 0.807. The van der Waals surface area contributed by atoms with E-state index in [0.29, 0.717) is 4.88 Å². The van der Waals surface area contributed by atoms with Crippen molar-refractivity contribution in [3.63, 3.8) is 0 Å². The van der Waals surface area contributed by atoms with E-state index in [0.717, 1.165) is 23.3 Å². The van der Waals surface area contributed by atoms with Gasteiger partial charge in [0.25, 0.3) is 5.91 Å². The molecule has 0 saturated heterocycles. The van der Waals surface area contributed by atoms with Crippen molar-refractivity contribution in [1.82, 2.24) is 0 Å². The van der Waals surface area contributed by atoms with Crippen LogP contribution >= 0.6 is 11.3 Å². The zero-order valence-corrected chi connectivity index (χ0v) is 16.9. The van der Waals surface area contributed by atoms with Gasteiger partial charge in [-0.05, 0) is 50.1 Å². The number of amides is 1. The fourth-order valence-electron chi connectivity index (χ4n) is 2.40. The first-order chi connectivity index (χ1) is 12.6. The number of anilines is 1. The predicted molar refractivity (Wildman–Crippen MR) is 104 cm³/mol. The highest BCUT2D eigenvalue weighted by Gasteiger charge is 2.21. The number of aryl methyl sites for hydroxylation is 2. The van der Waals surface area contributed by atoms with Gasteiger partial charge in [0.05, 0.1) is 4.90 Å². The largest absolute Gasteiger partial charge is 0.448 e. The van der Waals surface area contributed by atoms with Crippen LogP contribution in [-0.4, -0.2) is 26.4 Å². The molecule has 0 saturated carbocycles. The first-order valence-electron chi connectivity index (χ1n) is 8.35. The predicted octanol–water partition coefficient (Wildman–Crippen LogP) is 2.84. The third-order valence-corrected chi connectivity index (χ3v) is 5.81. The van der Waals surface area contributed by atoms with Crippen LogP contribution in [0.25, 0.3) is 0 Å². The molecule has 0 unspecified atom stereocenters. The minimum absolute atomic E-state index is 0.123. The minimum Gasteiger partial charge on any atom is -0.448 e. The Balaban J connectivity index is 2.03. The SMILES string of the molecule is CCCc1cc(C(=O)O[C@@H](C)C(=O)Nc2cccc(S(N)(=O)=O)c2)sc1C. The molecular weight excluding hydrogens is 388 g/mol. The van der Waals surface area contributed by atoms with Gasteiger partial charge in [0.2, 0.25) is 10.0 Å². The number of hydrogen-bond donors (Lipinski definition) is 2. The van der Waals surface area contributed by atoms with Crippen LogP contribution in [0.4, 0.5) is 5.69 Å². The number of carbonyl (C=O) groups excluding carboxylic acids is 2. The molecule has 0 radical (unpaired) electrons. The molecule has 7 nitrogen and oxygen atoms in total. The van der Waals surface area contributed by atoms with Gasteiger partial charge in [0, 0.05) is 10.6 Å². The number of esters is 1. The number of hydrogen-bond acceptors (Lipinski definition) is 6. The standard InChI is InChI=1S/C18H22N2O5S2/c1-4-6-13-9-16(26-12(13)3)18(22)25-11(2)17(21)20-14-7-5-8-15(10-14)27(19,23)24/h5,7-11H,4,6H2,1-3H3,(H,20,21)(H2,19,23,24)/t11-/m0/s1. The highest BCUT2D eigenvalue weighted by atomic mass is 32.2. The molecule has 1 heterocycles. The molecule has 2 rings (SSSR count). The fourth-order valence-corrected chi connectivity index (χ4v) is 3.92. The third-order valence-electron chi connectivity index (χ3n) is 3.82. The van der Waals surface area contributed by atoms with Gasteiger partial charge in [-0.25, -0.2) is 18.4 Å². The van der Waals surface area contributed by atoms with Crippen molar-refractivity contribution in [3.8, 4) is 0 Å². The summed E-state index contributed by atoms with van der Waals surface area (Å²) in [4.78, 5) is 25.9. The summed E-state index contributed by atoms with van der Waals surface area (Å²) in [6.45, 7) is 5.46. The lowest BCUT2D eigenvalue weighted by molar-refractivity contribution is -0.123. The molecule has 0 aliphatic carbocycles. The maximum atomic E-state index is 12.3. The average molecular weight is 411 g/mol. The molecule has 146 valence electrons. The Labute approximate surface area is 162 Å². The Morgan fingerprint density at radius 3 is 2.63 bits per heavy atom. The van der Waals surface area contributed by atoms with E-state index in [1.165, 1.54) is 42.5 Å². The van der Waals surface area contributed by atoms with E-state index in [1.807, 2.05) is 6.92 Å². The summed E-state index contributed by atoms with van der Waals surface area (Å²) in [5.74, 6) is -1.14. The van der Waals surface area contributed by atoms with Gasteiger partial charge in [-0.3, -0.25) is 4.79 Å². The molecule has 9 heteroatoms. The van der Waals surface area contributed by atoms with Crippen molar-refractivity contribution >= 4 is 38.9 Å². The van der Waals surface area contributed by atoms with E-state index in [1.54, 1.807) is 6.07 Å². The Morgan fingerprint density at radius 2 is 2.00 bits per heavy atom. The molecule has 0 aliphatic heterocycles. The minimum atomic E-state index is -3.88. The molecule has 1 aromatic heterocycles. The quantitative estimate of drug-likeness (QED) is 0.681. The Hall–Kier alpha value is -2.23. The zero-order chi connectivity index (χ0) is 20.2. The topological polar surface area (TPSA) is 116 Å². The van der Waals surface area contributed by atoms with Crippen LogP contribution in [0.1, 0.15) is 40.4 Å². The van der Waals surface area contributed by atoms with Crippen molar-refractivity contribution in [2.45, 2.75) is 44.6 Å². The molecule has 1 amide bonds. The molecular formula is C18H22N2O5S2. The molecule has 0 fully saturated rings. The van der Waals surface area contributed by atoms with Crippen molar-refractivity contribution in [3.05, 3.63) is 45.6 Å². The summed E-state index contributed by atoms with van der Waals surface area (Å²) >= 11 is 1.34. The van der Waals surface area contributed by atoms with Gasteiger partial charge in [-0.15, -0.1) is 11.3 Å². The smallest absolute Gasteiger partial charge is 0.349 e. The van der Waals surface area contributed by atoms with Crippen LogP contribution in [0, 0.1) is 6.92 Å². The number of nitrogens with one attached hydrogen (secondary N) is 1. The van der Waals surface area contributed by atoms with Gasteiger partial charge in [-0.1, -0.05) is 19.4 Å². The van der Waals surface area contributed by atoms with Crippen molar-refractivity contribution in [2.24, 2.45) is 5.14 Å². The third kappa shape index (κ3) is 5.62. The average Bonchev–Trinajstić information content (AvgIpc) is 2.95. The van der Waals surface area contributed by atoms with E-state index in [9.17, 15) is 18.0 Å². The first kappa shape index (κ1) is 21.1. The van der Waals surface area contributed by atoms with Crippen LogP contribution in [0.2, 0.25) is 0 Å². The van der Waals surface area contributed by atoms with E-state index >= 15 is 0 Å². The van der Waals surface area contributed by atoms with Gasteiger partial charge < -0.3 is 10.1 Å². The van der Waals surface area contributed by atoms with Crippen molar-refractivity contribution in [1.29, 1.82) is 0 Å². The number of ether oxygens (including phenoxy) is 1. The summed E-state index contributed by atoms with van der Waals surface area (Å²) in [7, 11) is -3.88. The van der Waals surface area contributed by atoms with Gasteiger partial charge in [-0.2, -0.15) is 0 Å². The van der Waals surface area contributed by atoms with Crippen LogP contribution in [-0.2, 0) is 26.0 Å². The maximum absolute atomic E-state index is 12.3. The second-order valence-corrected chi connectivity index (χ2v) is 8.87. The second-order valence-electron chi connectivity index (χ2n) is 6.05. The molecule has 0 aliphatic rings. The molecule has 1 aromatic carbocycles. The lowest BCUT2D eigenvalue weighted by atomic mass is 10.1. The fraction of sp³-hybridized carbons (Fsp3) is 0.333. The number of sulfonamides is 1. The lowest BCUT2D eigenvalue weighted by Gasteiger charge is -2.13. The van der Waals surface area contributed by atoms with E-state index < -0.39 is 28.0 Å². The van der Waals surface area contributed by atoms with Crippen LogP contribution in [0.5, 0.6) is 0 Å². The molecule has 2 aromatic rings.